The van der Waals surface area contributed by atoms with Crippen molar-refractivity contribution in [3.05, 3.63) is 0 Å². The fourth-order valence-corrected chi connectivity index (χ4v) is 1.94. The Hall–Kier alpha value is -0.420. The molecule has 1 atom stereocenters. The molecule has 0 aromatic heterocycles. The van der Waals surface area contributed by atoms with E-state index in [0.717, 1.165) is 0 Å². The monoisotopic (exact) mass is 249 g/mol. The van der Waals surface area contributed by atoms with Gasteiger partial charge in [-0.25, -0.2) is 8.42 Å². The smallest absolute Gasteiger partial charge is 0.156 e. The summed E-state index contributed by atoms with van der Waals surface area (Å²) in [5.74, 6) is -0.204. The van der Waals surface area contributed by atoms with Crippen molar-refractivity contribution in [3.8, 4) is 0 Å². The molecule has 1 unspecified atom stereocenters. The zero-order chi connectivity index (χ0) is 13.1. The molecule has 0 saturated heterocycles. The largest absolute Gasteiger partial charge is 0.302 e. The molecule has 0 aromatic rings. The van der Waals surface area contributed by atoms with Crippen LogP contribution in [0.1, 0.15) is 41.5 Å². The van der Waals surface area contributed by atoms with E-state index in [2.05, 4.69) is 5.32 Å². The van der Waals surface area contributed by atoms with E-state index < -0.39 is 22.2 Å². The second kappa shape index (κ2) is 5.27. The lowest BCUT2D eigenvalue weighted by atomic mass is 9.86. The van der Waals surface area contributed by atoms with E-state index in [9.17, 15) is 13.2 Å². The van der Waals surface area contributed by atoms with Crippen LogP contribution in [-0.2, 0) is 15.5 Å². The Morgan fingerprint density at radius 3 is 1.81 bits per heavy atom. The molecule has 0 aliphatic heterocycles. The van der Waals surface area contributed by atoms with Crippen LogP contribution in [0.3, 0.4) is 0 Å². The number of hydrogen-bond donors (Lipinski definition) is 2. The molecule has 0 fully saturated rings. The second-order valence-electron chi connectivity index (χ2n) is 6.08. The van der Waals surface area contributed by atoms with Crippen LogP contribution in [0.25, 0.3) is 0 Å². The van der Waals surface area contributed by atoms with Gasteiger partial charge in [0, 0.05) is 11.0 Å². The number of nitrogens with one attached hydrogen (secondary N) is 1. The number of rotatable bonds is 4. The van der Waals surface area contributed by atoms with E-state index in [0.29, 0.717) is 0 Å². The van der Waals surface area contributed by atoms with Gasteiger partial charge < -0.3 is 5.32 Å². The van der Waals surface area contributed by atoms with E-state index in [1.54, 1.807) is 20.8 Å². The van der Waals surface area contributed by atoms with Gasteiger partial charge in [0.1, 0.15) is 10.7 Å². The molecule has 16 heavy (non-hydrogen) atoms. The summed E-state index contributed by atoms with van der Waals surface area (Å²) >= 11 is 0. The van der Waals surface area contributed by atoms with E-state index in [1.165, 1.54) is 0 Å². The van der Waals surface area contributed by atoms with E-state index >= 15 is 0 Å². The Morgan fingerprint density at radius 2 is 1.56 bits per heavy atom. The van der Waals surface area contributed by atoms with Gasteiger partial charge in [0.05, 0.1) is 11.8 Å². The quantitative estimate of drug-likeness (QED) is 0.729. The van der Waals surface area contributed by atoms with Crippen molar-refractivity contribution in [1.29, 1.82) is 0 Å². The van der Waals surface area contributed by atoms with Crippen molar-refractivity contribution < 1.29 is 13.2 Å². The SMILES string of the molecule is CC(C)(C)NC(C[SH](=O)=O)C(=O)C(C)(C)C. The van der Waals surface area contributed by atoms with Crippen LogP contribution in [-0.4, -0.2) is 31.5 Å². The van der Waals surface area contributed by atoms with E-state index in [-0.39, 0.29) is 17.1 Å². The fourth-order valence-electron chi connectivity index (χ4n) is 1.39. The van der Waals surface area contributed by atoms with Gasteiger partial charge in [-0.2, -0.15) is 0 Å². The second-order valence-corrected chi connectivity index (χ2v) is 7.11. The molecular formula is C11H23NO3S. The molecule has 5 heteroatoms. The first-order valence-electron chi connectivity index (χ1n) is 5.37. The molecular weight excluding hydrogens is 226 g/mol. The molecule has 1 N–H and O–H groups in total. The van der Waals surface area contributed by atoms with Crippen molar-refractivity contribution >= 4 is 16.5 Å². The number of carbonyl (C=O) groups is 1. The van der Waals surface area contributed by atoms with Gasteiger partial charge in [-0.15, -0.1) is 0 Å². The fraction of sp³-hybridized carbons (Fsp3) is 0.909. The van der Waals surface area contributed by atoms with Crippen molar-refractivity contribution in [2.75, 3.05) is 5.75 Å². The zero-order valence-corrected chi connectivity index (χ0v) is 11.9. The Kier molecular flexibility index (Phi) is 5.14. The molecule has 96 valence electrons. The van der Waals surface area contributed by atoms with Crippen LogP contribution in [0, 0.1) is 5.41 Å². The standard InChI is InChI=1S/C11H23NO3S/c1-10(2,3)9(13)8(7-16(14)15)12-11(4,5)6/h8,12,16H,7H2,1-6H3. The Balaban J connectivity index is 4.88. The number of hydrogen-bond acceptors (Lipinski definition) is 4. The van der Waals surface area contributed by atoms with Gasteiger partial charge in [-0.1, -0.05) is 20.8 Å². The first kappa shape index (κ1) is 15.6. The number of Topliss-reactive ketones (excluding diaryl/α,β-unsaturated/α-hetero) is 1. The lowest BCUT2D eigenvalue weighted by Crippen LogP contribution is -2.52. The minimum Gasteiger partial charge on any atom is -0.302 e. The lowest BCUT2D eigenvalue weighted by molar-refractivity contribution is -0.128. The maximum absolute atomic E-state index is 12.0. The maximum Gasteiger partial charge on any atom is 0.156 e. The third kappa shape index (κ3) is 6.23. The van der Waals surface area contributed by atoms with E-state index in [1.807, 2.05) is 20.8 Å². The van der Waals surface area contributed by atoms with Gasteiger partial charge >= 0.3 is 0 Å². The third-order valence-corrected chi connectivity index (χ3v) is 2.66. The molecule has 0 saturated carbocycles. The average molecular weight is 249 g/mol. The summed E-state index contributed by atoms with van der Waals surface area (Å²) < 4.78 is 21.5. The summed E-state index contributed by atoms with van der Waals surface area (Å²) in [5.41, 5.74) is -0.814. The average Bonchev–Trinajstić information content (AvgIpc) is 1.96. The lowest BCUT2D eigenvalue weighted by Gasteiger charge is -2.30. The van der Waals surface area contributed by atoms with Gasteiger partial charge in [0.25, 0.3) is 0 Å². The molecule has 0 aromatic carbocycles. The highest BCUT2D eigenvalue weighted by atomic mass is 32.2. The van der Waals surface area contributed by atoms with Gasteiger partial charge in [-0.05, 0) is 20.8 Å². The number of ketones is 1. The molecule has 0 heterocycles. The molecule has 0 spiro atoms. The van der Waals surface area contributed by atoms with Crippen molar-refractivity contribution in [3.63, 3.8) is 0 Å². The van der Waals surface area contributed by atoms with Crippen molar-refractivity contribution in [2.24, 2.45) is 5.41 Å². The van der Waals surface area contributed by atoms with Crippen LogP contribution >= 0.6 is 0 Å². The predicted octanol–water partition coefficient (Wildman–Crippen LogP) is 0.970. The predicted molar refractivity (Wildman–Crippen MR) is 66.3 cm³/mol. The van der Waals surface area contributed by atoms with Gasteiger partial charge in [-0.3, -0.25) is 4.79 Å². The summed E-state index contributed by atoms with van der Waals surface area (Å²) in [5, 5.41) is 3.06. The van der Waals surface area contributed by atoms with Gasteiger partial charge in [0.2, 0.25) is 0 Å². The summed E-state index contributed by atoms with van der Waals surface area (Å²) in [6.07, 6.45) is 0. The van der Waals surface area contributed by atoms with E-state index in [4.69, 9.17) is 0 Å². The normalized spacial score (nSPS) is 15.2. The Bertz CT molecular complexity index is 313. The highest BCUT2D eigenvalue weighted by molar-refractivity contribution is 7.72. The molecule has 0 amide bonds. The van der Waals surface area contributed by atoms with Crippen LogP contribution < -0.4 is 5.32 Å². The maximum atomic E-state index is 12.0. The van der Waals surface area contributed by atoms with Crippen LogP contribution in [0.15, 0.2) is 0 Å². The van der Waals surface area contributed by atoms with Crippen molar-refractivity contribution in [2.45, 2.75) is 53.1 Å². The summed E-state index contributed by atoms with van der Waals surface area (Å²) in [6, 6.07) is -0.624. The number of thiol groups is 1. The highest BCUT2D eigenvalue weighted by Gasteiger charge is 2.32. The molecule has 0 aliphatic rings. The first-order valence-corrected chi connectivity index (χ1v) is 6.73. The summed E-state index contributed by atoms with van der Waals surface area (Å²) in [6.45, 7) is 11.1. The van der Waals surface area contributed by atoms with Crippen LogP contribution in [0.5, 0.6) is 0 Å². The first-order chi connectivity index (χ1) is 6.93. The summed E-state index contributed by atoms with van der Waals surface area (Å²) in [4.78, 5) is 12.0. The van der Waals surface area contributed by atoms with Crippen LogP contribution in [0.2, 0.25) is 0 Å². The molecule has 0 bridgehead atoms. The number of carbonyl (C=O) groups excluding carboxylic acids is 1. The third-order valence-electron chi connectivity index (χ3n) is 1.99. The minimum absolute atomic E-state index is 0.0679. The van der Waals surface area contributed by atoms with Gasteiger partial charge in [0.15, 0.2) is 5.78 Å². The highest BCUT2D eigenvalue weighted by Crippen LogP contribution is 2.18. The Morgan fingerprint density at radius 1 is 1.12 bits per heavy atom. The zero-order valence-electron chi connectivity index (χ0n) is 11.0. The molecule has 4 nitrogen and oxygen atoms in total. The Labute approximate surface area is 99.8 Å². The topological polar surface area (TPSA) is 63.2 Å². The molecule has 0 rings (SSSR count). The summed E-state index contributed by atoms with van der Waals surface area (Å²) in [7, 11) is -2.56. The molecule has 0 radical (unpaired) electrons. The minimum atomic E-state index is -2.56. The van der Waals surface area contributed by atoms with Crippen molar-refractivity contribution in [1.82, 2.24) is 5.32 Å². The van der Waals surface area contributed by atoms with Crippen LogP contribution in [0.4, 0.5) is 0 Å². The molecule has 0 aliphatic carbocycles.